The van der Waals surface area contributed by atoms with E-state index in [1.165, 1.54) is 34.6 Å². The molecule has 0 spiro atoms. The Balaban J connectivity index is 1.62. The zero-order chi connectivity index (χ0) is 24.1. The Hall–Kier alpha value is -2.76. The van der Waals surface area contributed by atoms with E-state index in [0.29, 0.717) is 18.9 Å². The average Bonchev–Trinajstić information content (AvgIpc) is 2.85. The third-order valence-electron chi connectivity index (χ3n) is 5.86. The highest BCUT2D eigenvalue weighted by Crippen LogP contribution is 2.32. The highest BCUT2D eigenvalue weighted by molar-refractivity contribution is 7.89. The number of hydrogen-bond acceptors (Lipinski definition) is 6. The number of morpholine rings is 1. The lowest BCUT2D eigenvalue weighted by Crippen LogP contribution is -2.40. The Labute approximate surface area is 197 Å². The van der Waals surface area contributed by atoms with Crippen molar-refractivity contribution in [2.45, 2.75) is 30.8 Å². The monoisotopic (exact) mass is 495 g/mol. The molecule has 2 aliphatic rings. The number of anilines is 2. The van der Waals surface area contributed by atoms with Crippen LogP contribution in [0.25, 0.3) is 0 Å². The van der Waals surface area contributed by atoms with Crippen LogP contribution < -0.4 is 15.0 Å². The van der Waals surface area contributed by atoms with E-state index in [2.05, 4.69) is 15.0 Å². The molecule has 0 saturated carbocycles. The minimum absolute atomic E-state index is 0.0563. The van der Waals surface area contributed by atoms with Gasteiger partial charge in [0.15, 0.2) is 0 Å². The number of ether oxygens (including phenoxy) is 2. The van der Waals surface area contributed by atoms with Crippen LogP contribution in [0.2, 0.25) is 0 Å². The Bertz CT molecular complexity index is 1100. The van der Waals surface area contributed by atoms with Crippen LogP contribution in [-0.4, -0.2) is 64.6 Å². The first-order chi connectivity index (χ1) is 16.3. The summed E-state index contributed by atoms with van der Waals surface area (Å²) in [6.07, 6.45) is 3.13. The Kier molecular flexibility index (Phi) is 7.64. The van der Waals surface area contributed by atoms with Crippen molar-refractivity contribution in [1.82, 2.24) is 4.31 Å². The number of nitrogens with one attached hydrogen (secondary N) is 1. The molecule has 2 aromatic carbocycles. The summed E-state index contributed by atoms with van der Waals surface area (Å²) in [5, 5.41) is 2.82. The van der Waals surface area contributed by atoms with Crippen molar-refractivity contribution in [1.29, 1.82) is 0 Å². The number of sulfonamides is 1. The second-order valence-corrected chi connectivity index (χ2v) is 10.0. The topological polar surface area (TPSA) is 88.2 Å². The number of carbonyl (C=O) groups is 1. The van der Waals surface area contributed by atoms with Gasteiger partial charge in [-0.1, -0.05) is 0 Å². The van der Waals surface area contributed by atoms with Gasteiger partial charge in [0, 0.05) is 31.7 Å². The van der Waals surface area contributed by atoms with Gasteiger partial charge in [0.25, 0.3) is 5.91 Å². The van der Waals surface area contributed by atoms with Gasteiger partial charge in [-0.25, -0.2) is 8.42 Å². The van der Waals surface area contributed by atoms with Crippen molar-refractivity contribution in [3.05, 3.63) is 48.0 Å². The Morgan fingerprint density at radius 2 is 1.65 bits per heavy atom. The van der Waals surface area contributed by atoms with Gasteiger partial charge in [-0.15, -0.1) is 0 Å². The summed E-state index contributed by atoms with van der Waals surface area (Å²) in [6, 6.07) is 10.1. The molecule has 0 radical (unpaired) electrons. The van der Waals surface area contributed by atoms with Crippen LogP contribution in [0.15, 0.2) is 47.4 Å². The van der Waals surface area contributed by atoms with E-state index in [1.807, 2.05) is 0 Å². The zero-order valence-electron chi connectivity index (χ0n) is 18.6. The molecule has 0 aromatic heterocycles. The van der Waals surface area contributed by atoms with Crippen LogP contribution in [0.4, 0.5) is 20.2 Å². The number of piperidine rings is 1. The maximum Gasteiger partial charge on any atom is 0.387 e. The van der Waals surface area contributed by atoms with Crippen LogP contribution in [0, 0.1) is 0 Å². The summed E-state index contributed by atoms with van der Waals surface area (Å²) < 4.78 is 62.1. The highest BCUT2D eigenvalue weighted by Gasteiger charge is 2.28. The number of rotatable bonds is 7. The normalized spacial score (nSPS) is 17.6. The standard InChI is InChI=1S/C23H27F2N3O5S/c24-23(25)33-18-6-4-17(5-7-18)22(29)26-20-16-19(34(30,31)28-12-14-32-15-13-28)8-9-21(20)27-10-2-1-3-11-27/h4-9,16,23H,1-3,10-15H2,(H,26,29). The van der Waals surface area contributed by atoms with Crippen LogP contribution >= 0.6 is 0 Å². The molecule has 2 saturated heterocycles. The van der Waals surface area contributed by atoms with E-state index >= 15 is 0 Å². The maximum atomic E-state index is 13.2. The summed E-state index contributed by atoms with van der Waals surface area (Å²) in [5.41, 5.74) is 1.36. The summed E-state index contributed by atoms with van der Waals surface area (Å²) in [5.74, 6) is -0.540. The van der Waals surface area contributed by atoms with Crippen LogP contribution in [0.3, 0.4) is 0 Å². The van der Waals surface area contributed by atoms with Gasteiger partial charge < -0.3 is 19.7 Å². The Morgan fingerprint density at radius 3 is 2.29 bits per heavy atom. The molecule has 1 N–H and O–H groups in total. The zero-order valence-corrected chi connectivity index (χ0v) is 19.4. The molecule has 2 aliphatic heterocycles. The van der Waals surface area contributed by atoms with Crippen molar-refractivity contribution in [2.75, 3.05) is 49.6 Å². The Morgan fingerprint density at radius 1 is 0.971 bits per heavy atom. The summed E-state index contributed by atoms with van der Waals surface area (Å²) >= 11 is 0. The van der Waals surface area contributed by atoms with E-state index in [0.717, 1.165) is 38.0 Å². The van der Waals surface area contributed by atoms with E-state index < -0.39 is 22.5 Å². The lowest BCUT2D eigenvalue weighted by Gasteiger charge is -2.31. The van der Waals surface area contributed by atoms with Gasteiger partial charge in [0.2, 0.25) is 10.0 Å². The van der Waals surface area contributed by atoms with E-state index in [9.17, 15) is 22.0 Å². The average molecular weight is 496 g/mol. The molecule has 1 amide bonds. The SMILES string of the molecule is O=C(Nc1cc(S(=O)(=O)N2CCOCC2)ccc1N1CCCCC1)c1ccc(OC(F)F)cc1. The van der Waals surface area contributed by atoms with Gasteiger partial charge in [-0.2, -0.15) is 13.1 Å². The molecule has 2 fully saturated rings. The predicted molar refractivity (Wildman–Crippen MR) is 123 cm³/mol. The number of nitrogens with zero attached hydrogens (tertiary/aromatic N) is 2. The second-order valence-electron chi connectivity index (χ2n) is 8.10. The number of amides is 1. The van der Waals surface area contributed by atoms with E-state index in [4.69, 9.17) is 4.74 Å². The van der Waals surface area contributed by atoms with Crippen molar-refractivity contribution in [3.63, 3.8) is 0 Å². The summed E-state index contributed by atoms with van der Waals surface area (Å²) in [6.45, 7) is -0.144. The maximum absolute atomic E-state index is 13.2. The molecule has 0 atom stereocenters. The van der Waals surface area contributed by atoms with Crippen LogP contribution in [0.1, 0.15) is 29.6 Å². The largest absolute Gasteiger partial charge is 0.435 e. The fourth-order valence-electron chi connectivity index (χ4n) is 4.10. The van der Waals surface area contributed by atoms with E-state index in [-0.39, 0.29) is 29.3 Å². The summed E-state index contributed by atoms with van der Waals surface area (Å²) in [7, 11) is -3.75. The van der Waals surface area contributed by atoms with Gasteiger partial charge in [-0.05, 0) is 61.7 Å². The van der Waals surface area contributed by atoms with Gasteiger partial charge >= 0.3 is 6.61 Å². The van der Waals surface area contributed by atoms with Crippen LogP contribution in [0.5, 0.6) is 5.75 Å². The lowest BCUT2D eigenvalue weighted by atomic mass is 10.1. The van der Waals surface area contributed by atoms with E-state index in [1.54, 1.807) is 12.1 Å². The van der Waals surface area contributed by atoms with Gasteiger partial charge in [-0.3, -0.25) is 4.79 Å². The van der Waals surface area contributed by atoms with Crippen molar-refractivity contribution >= 4 is 27.3 Å². The fourth-order valence-corrected chi connectivity index (χ4v) is 5.54. The summed E-state index contributed by atoms with van der Waals surface area (Å²) in [4.78, 5) is 15.2. The first-order valence-corrected chi connectivity index (χ1v) is 12.6. The highest BCUT2D eigenvalue weighted by atomic mass is 32.2. The third-order valence-corrected chi connectivity index (χ3v) is 7.76. The van der Waals surface area contributed by atoms with Crippen molar-refractivity contribution in [3.8, 4) is 5.75 Å². The molecule has 2 aromatic rings. The number of benzene rings is 2. The molecule has 8 nitrogen and oxygen atoms in total. The fraction of sp³-hybridized carbons (Fsp3) is 0.435. The third kappa shape index (κ3) is 5.65. The van der Waals surface area contributed by atoms with Crippen molar-refractivity contribution < 1.29 is 31.5 Å². The number of halogens is 2. The first-order valence-electron chi connectivity index (χ1n) is 11.2. The molecule has 2 heterocycles. The number of carbonyl (C=O) groups excluding carboxylic acids is 1. The number of hydrogen-bond donors (Lipinski definition) is 1. The van der Waals surface area contributed by atoms with Crippen LogP contribution in [-0.2, 0) is 14.8 Å². The van der Waals surface area contributed by atoms with Gasteiger partial charge in [0.1, 0.15) is 5.75 Å². The molecule has 34 heavy (non-hydrogen) atoms. The van der Waals surface area contributed by atoms with Gasteiger partial charge in [0.05, 0.1) is 29.5 Å². The molecule has 0 bridgehead atoms. The minimum Gasteiger partial charge on any atom is -0.435 e. The number of alkyl halides is 2. The molecule has 4 rings (SSSR count). The van der Waals surface area contributed by atoms with Crippen molar-refractivity contribution in [2.24, 2.45) is 0 Å². The molecule has 0 aliphatic carbocycles. The molecular formula is C23H27F2N3O5S. The second kappa shape index (κ2) is 10.7. The molecular weight excluding hydrogens is 468 g/mol. The molecule has 0 unspecified atom stereocenters. The lowest BCUT2D eigenvalue weighted by molar-refractivity contribution is -0.0498. The predicted octanol–water partition coefficient (Wildman–Crippen LogP) is 3.55. The first kappa shape index (κ1) is 24.4. The molecule has 184 valence electrons. The minimum atomic E-state index is -3.75. The smallest absolute Gasteiger partial charge is 0.387 e. The quantitative estimate of drug-likeness (QED) is 0.632. The molecule has 11 heteroatoms.